The number of hydrogen-bond donors (Lipinski definition) is 2. The normalized spacial score (nSPS) is 17.4. The Kier molecular flexibility index (Phi) is 4.07. The summed E-state index contributed by atoms with van der Waals surface area (Å²) in [6.07, 6.45) is 3.01. The van der Waals surface area contributed by atoms with Crippen molar-refractivity contribution >= 4 is 5.78 Å². The number of allylic oxidation sites excluding steroid dienone is 2. The molecule has 3 aromatic rings. The first kappa shape index (κ1) is 18.6. The molecule has 1 aliphatic heterocycles. The highest BCUT2D eigenvalue weighted by molar-refractivity contribution is 5.98. The third-order valence-corrected chi connectivity index (χ3v) is 5.85. The molecule has 6 heteroatoms. The van der Waals surface area contributed by atoms with E-state index in [4.69, 9.17) is 4.74 Å². The highest BCUT2D eigenvalue weighted by Crippen LogP contribution is 2.47. The van der Waals surface area contributed by atoms with Crippen molar-refractivity contribution in [2.24, 2.45) is 5.41 Å². The van der Waals surface area contributed by atoms with Crippen LogP contribution in [0.15, 0.2) is 53.9 Å². The lowest BCUT2D eigenvalue weighted by atomic mass is 9.74. The minimum Gasteiger partial charge on any atom is -0.507 e. The second kappa shape index (κ2) is 6.55. The van der Waals surface area contributed by atoms with E-state index in [1.807, 2.05) is 0 Å². The fourth-order valence-corrected chi connectivity index (χ4v) is 4.37. The van der Waals surface area contributed by atoms with Gasteiger partial charge in [0, 0.05) is 47.1 Å². The van der Waals surface area contributed by atoms with Crippen molar-refractivity contribution in [3.63, 3.8) is 0 Å². The molecule has 152 valence electrons. The van der Waals surface area contributed by atoms with Crippen LogP contribution in [0.5, 0.6) is 11.5 Å². The average molecular weight is 404 g/mol. The predicted octanol–water partition coefficient (Wildman–Crippen LogP) is 5.17. The molecular weight excluding hydrogens is 383 g/mol. The van der Waals surface area contributed by atoms with E-state index in [0.717, 1.165) is 0 Å². The Labute approximate surface area is 173 Å². The van der Waals surface area contributed by atoms with Crippen LogP contribution in [0.3, 0.4) is 0 Å². The smallest absolute Gasteiger partial charge is 0.163 e. The summed E-state index contributed by atoms with van der Waals surface area (Å²) in [5.41, 5.74) is 3.00. The number of phenols is 1. The summed E-state index contributed by atoms with van der Waals surface area (Å²) < 4.78 is 20.4. The molecule has 0 spiro atoms. The largest absolute Gasteiger partial charge is 0.507 e. The highest BCUT2D eigenvalue weighted by atomic mass is 19.1. The third kappa shape index (κ3) is 2.91. The maximum Gasteiger partial charge on any atom is 0.163 e. The molecule has 0 amide bonds. The van der Waals surface area contributed by atoms with Crippen molar-refractivity contribution in [1.82, 2.24) is 10.2 Å². The zero-order chi connectivity index (χ0) is 21.0. The molecule has 5 nitrogen and oxygen atoms in total. The zero-order valence-corrected chi connectivity index (χ0v) is 16.8. The van der Waals surface area contributed by atoms with Crippen LogP contribution >= 0.6 is 0 Å². The van der Waals surface area contributed by atoms with Gasteiger partial charge in [0.1, 0.15) is 23.1 Å². The number of carbonyl (C=O) groups is 1. The summed E-state index contributed by atoms with van der Waals surface area (Å²) in [6, 6.07) is 9.94. The predicted molar refractivity (Wildman–Crippen MR) is 110 cm³/mol. The minimum atomic E-state index is -0.369. The van der Waals surface area contributed by atoms with Crippen molar-refractivity contribution in [3.8, 4) is 33.9 Å². The minimum absolute atomic E-state index is 0.0125. The quantitative estimate of drug-likeness (QED) is 0.618. The number of rotatable bonds is 2. The summed E-state index contributed by atoms with van der Waals surface area (Å²) in [5, 5.41) is 18.0. The topological polar surface area (TPSA) is 75.2 Å². The first-order valence-corrected chi connectivity index (χ1v) is 9.90. The molecule has 30 heavy (non-hydrogen) atoms. The average Bonchev–Trinajstić information content (AvgIpc) is 3.16. The number of H-pyrrole nitrogens is 1. The van der Waals surface area contributed by atoms with Gasteiger partial charge < -0.3 is 9.84 Å². The van der Waals surface area contributed by atoms with E-state index in [1.54, 1.807) is 30.3 Å². The first-order valence-electron chi connectivity index (χ1n) is 9.90. The maximum atomic E-state index is 14.3. The maximum absolute atomic E-state index is 14.3. The molecular formula is C24H21FN2O3. The number of ketones is 1. The van der Waals surface area contributed by atoms with Gasteiger partial charge in [-0.3, -0.25) is 9.89 Å². The van der Waals surface area contributed by atoms with Gasteiger partial charge in [-0.05, 0) is 23.6 Å². The van der Waals surface area contributed by atoms with Crippen LogP contribution in [0.2, 0.25) is 0 Å². The summed E-state index contributed by atoms with van der Waals surface area (Å²) in [7, 11) is 0. The van der Waals surface area contributed by atoms with Crippen LogP contribution in [-0.4, -0.2) is 21.1 Å². The molecule has 2 N–H and O–H groups in total. The number of ether oxygens (including phenoxy) is 1. The lowest BCUT2D eigenvalue weighted by molar-refractivity contribution is -0.118. The van der Waals surface area contributed by atoms with E-state index in [1.165, 1.54) is 12.3 Å². The van der Waals surface area contributed by atoms with Crippen molar-refractivity contribution in [2.75, 3.05) is 0 Å². The fraction of sp³-hybridized carbons (Fsp3) is 0.250. The molecule has 0 saturated heterocycles. The van der Waals surface area contributed by atoms with Gasteiger partial charge in [-0.15, -0.1) is 0 Å². The van der Waals surface area contributed by atoms with E-state index >= 15 is 0 Å². The number of Topliss-reactive ketones (excluding diaryl/α,β-unsaturated/α-hetero) is 1. The van der Waals surface area contributed by atoms with E-state index in [2.05, 4.69) is 24.0 Å². The molecule has 1 aromatic heterocycles. The summed E-state index contributed by atoms with van der Waals surface area (Å²) >= 11 is 0. The van der Waals surface area contributed by atoms with Crippen molar-refractivity contribution in [2.45, 2.75) is 33.1 Å². The number of nitrogens with one attached hydrogen (secondary N) is 1. The van der Waals surface area contributed by atoms with Gasteiger partial charge in [-0.2, -0.15) is 5.10 Å². The lowest BCUT2D eigenvalue weighted by Gasteiger charge is -2.34. The first-order chi connectivity index (χ1) is 14.3. The van der Waals surface area contributed by atoms with Gasteiger partial charge in [0.2, 0.25) is 0 Å². The number of aromatic amines is 1. The Morgan fingerprint density at radius 3 is 2.70 bits per heavy atom. The lowest BCUT2D eigenvalue weighted by Crippen LogP contribution is -2.30. The van der Waals surface area contributed by atoms with Crippen LogP contribution in [0.25, 0.3) is 22.4 Å². The Hall–Kier alpha value is -3.41. The van der Waals surface area contributed by atoms with Crippen LogP contribution in [-0.2, 0) is 11.2 Å². The second-order valence-electron chi connectivity index (χ2n) is 8.70. The SMILES string of the molecule is CC1(C)CC(=O)C2=C(C1)Oc1ccc(-c3[nH]ncc3-c3ccccc3F)c(O)c1C2. The number of fused-ring (bicyclic) bond motifs is 1. The Morgan fingerprint density at radius 1 is 1.10 bits per heavy atom. The van der Waals surface area contributed by atoms with Crippen molar-refractivity contribution in [3.05, 3.63) is 65.3 Å². The fourth-order valence-electron chi connectivity index (χ4n) is 4.37. The molecule has 2 aliphatic rings. The molecule has 0 radical (unpaired) electrons. The van der Waals surface area contributed by atoms with Crippen molar-refractivity contribution < 1.29 is 19.0 Å². The summed E-state index contributed by atoms with van der Waals surface area (Å²) in [5.74, 6) is 0.951. The van der Waals surface area contributed by atoms with Crippen LogP contribution in [0.1, 0.15) is 32.3 Å². The molecule has 2 heterocycles. The number of benzene rings is 2. The van der Waals surface area contributed by atoms with Gasteiger partial charge >= 0.3 is 0 Å². The van der Waals surface area contributed by atoms with Gasteiger partial charge in [-0.1, -0.05) is 32.0 Å². The van der Waals surface area contributed by atoms with Gasteiger partial charge in [0.05, 0.1) is 11.9 Å². The number of nitrogens with zero attached hydrogens (tertiary/aromatic N) is 1. The highest BCUT2D eigenvalue weighted by Gasteiger charge is 2.37. The number of carbonyl (C=O) groups excluding carboxylic acids is 1. The monoisotopic (exact) mass is 404 g/mol. The Balaban J connectivity index is 1.58. The summed E-state index contributed by atoms with van der Waals surface area (Å²) in [6.45, 7) is 4.10. The van der Waals surface area contributed by atoms with E-state index in [-0.39, 0.29) is 22.8 Å². The Morgan fingerprint density at radius 2 is 1.90 bits per heavy atom. The molecule has 1 aliphatic carbocycles. The molecule has 0 fully saturated rings. The number of phenolic OH excluding ortho intramolecular Hbond substituents is 1. The van der Waals surface area contributed by atoms with Gasteiger partial charge in [0.15, 0.2) is 5.78 Å². The number of aromatic hydroxyl groups is 1. The van der Waals surface area contributed by atoms with E-state index < -0.39 is 0 Å². The third-order valence-electron chi connectivity index (χ3n) is 5.85. The molecule has 0 saturated carbocycles. The molecule has 5 rings (SSSR count). The van der Waals surface area contributed by atoms with E-state index in [0.29, 0.717) is 64.3 Å². The van der Waals surface area contributed by atoms with Gasteiger partial charge in [0.25, 0.3) is 0 Å². The standard InChI is InChI=1S/C24H21FN2O3/c1-24(2)10-19(28)15-9-16-20(30-21(15)11-24)8-7-14(23(16)29)22-17(12-26-27-22)13-5-3-4-6-18(13)25/h3-8,12,29H,9-11H2,1-2H3,(H,26,27). The van der Waals surface area contributed by atoms with Crippen molar-refractivity contribution in [1.29, 1.82) is 0 Å². The van der Waals surface area contributed by atoms with Gasteiger partial charge in [-0.25, -0.2) is 4.39 Å². The zero-order valence-electron chi connectivity index (χ0n) is 16.8. The molecule has 0 unspecified atom stereocenters. The molecule has 0 atom stereocenters. The number of halogens is 1. The number of aromatic nitrogens is 2. The second-order valence-corrected chi connectivity index (χ2v) is 8.70. The van der Waals surface area contributed by atoms with Crippen LogP contribution < -0.4 is 4.74 Å². The van der Waals surface area contributed by atoms with E-state index in [9.17, 15) is 14.3 Å². The Bertz CT molecular complexity index is 1220. The van der Waals surface area contributed by atoms with Crippen LogP contribution in [0.4, 0.5) is 4.39 Å². The summed E-state index contributed by atoms with van der Waals surface area (Å²) in [4.78, 5) is 12.7. The van der Waals surface area contributed by atoms with Crippen LogP contribution in [0, 0.1) is 11.2 Å². The number of hydrogen-bond acceptors (Lipinski definition) is 4. The molecule has 2 aromatic carbocycles. The molecule has 0 bridgehead atoms.